The Balaban J connectivity index is 2.24. The summed E-state index contributed by atoms with van der Waals surface area (Å²) in [5.41, 5.74) is 2.50. The highest BCUT2D eigenvalue weighted by Gasteiger charge is 2.18. The molecule has 1 aliphatic rings. The molecule has 64 valence electrons. The van der Waals surface area contributed by atoms with Crippen LogP contribution in [-0.2, 0) is 0 Å². The fourth-order valence-electron chi connectivity index (χ4n) is 1.81. The summed E-state index contributed by atoms with van der Waals surface area (Å²) in [5.74, 6) is 0.990. The summed E-state index contributed by atoms with van der Waals surface area (Å²) >= 11 is 3.57. The molecule has 0 amide bonds. The van der Waals surface area contributed by atoms with E-state index in [1.54, 1.807) is 12.1 Å². The van der Waals surface area contributed by atoms with Crippen LogP contribution in [0.1, 0.15) is 19.8 Å². The van der Waals surface area contributed by atoms with E-state index in [-0.39, 0.29) is 8.80 Å². The Morgan fingerprint density at radius 3 is 2.55 bits per heavy atom. The van der Waals surface area contributed by atoms with E-state index in [0.29, 0.717) is 0 Å². The van der Waals surface area contributed by atoms with Gasteiger partial charge in [0.1, 0.15) is 0 Å². The Kier molecular flexibility index (Phi) is 4.46. The van der Waals surface area contributed by atoms with E-state index < -0.39 is 0 Å². The van der Waals surface area contributed by atoms with Crippen molar-refractivity contribution in [2.75, 3.05) is 5.33 Å². The topological polar surface area (TPSA) is 0 Å². The SMILES string of the molecule is C/C=C/[SiH]1CCC(CBr)CC1. The maximum Gasteiger partial charge on any atom is 0.0611 e. The summed E-state index contributed by atoms with van der Waals surface area (Å²) in [6, 6.07) is 3.08. The summed E-state index contributed by atoms with van der Waals surface area (Å²) in [6.07, 6.45) is 5.21. The van der Waals surface area contributed by atoms with Gasteiger partial charge in [-0.05, 0) is 12.8 Å². The fraction of sp³-hybridized carbons (Fsp3) is 0.778. The molecule has 0 atom stereocenters. The van der Waals surface area contributed by atoms with Gasteiger partial charge in [-0.1, -0.05) is 46.9 Å². The average Bonchev–Trinajstić information content (AvgIpc) is 2.07. The second-order valence-corrected chi connectivity index (χ2v) is 7.17. The zero-order valence-electron chi connectivity index (χ0n) is 7.22. The van der Waals surface area contributed by atoms with Crippen molar-refractivity contribution < 1.29 is 0 Å². The molecule has 0 nitrogen and oxygen atoms in total. The van der Waals surface area contributed by atoms with Crippen LogP contribution in [0.4, 0.5) is 0 Å². The lowest BCUT2D eigenvalue weighted by atomic mass is 10.1. The Bertz CT molecular complexity index is 126. The van der Waals surface area contributed by atoms with E-state index in [4.69, 9.17) is 0 Å². The molecule has 0 N–H and O–H groups in total. The molecule has 1 rings (SSSR count). The molecule has 0 saturated carbocycles. The van der Waals surface area contributed by atoms with Gasteiger partial charge in [0, 0.05) is 5.33 Å². The standard InChI is InChI=1S/C9H17BrSi/c1-2-5-11-6-3-9(8-10)4-7-11/h2,5,9,11H,3-4,6-8H2,1H3/b5-2+. The highest BCUT2D eigenvalue weighted by Crippen LogP contribution is 2.26. The Morgan fingerprint density at radius 2 is 2.09 bits per heavy atom. The molecule has 0 aliphatic carbocycles. The number of hydrogen-bond acceptors (Lipinski definition) is 0. The number of halogens is 1. The lowest BCUT2D eigenvalue weighted by Crippen LogP contribution is -2.20. The number of rotatable bonds is 2. The van der Waals surface area contributed by atoms with E-state index in [1.807, 2.05) is 0 Å². The second-order valence-electron chi connectivity index (χ2n) is 3.46. The van der Waals surface area contributed by atoms with Crippen LogP contribution in [0.5, 0.6) is 0 Å². The normalized spacial score (nSPS) is 32.9. The van der Waals surface area contributed by atoms with Gasteiger partial charge < -0.3 is 0 Å². The molecule has 0 bridgehead atoms. The van der Waals surface area contributed by atoms with Gasteiger partial charge in [0.15, 0.2) is 0 Å². The first-order chi connectivity index (χ1) is 5.36. The highest BCUT2D eigenvalue weighted by atomic mass is 79.9. The van der Waals surface area contributed by atoms with Crippen LogP contribution >= 0.6 is 15.9 Å². The number of allylic oxidation sites excluding steroid dienone is 1. The minimum absolute atomic E-state index is 0.380. The second kappa shape index (κ2) is 5.15. The quantitative estimate of drug-likeness (QED) is 0.507. The molecule has 0 radical (unpaired) electrons. The summed E-state index contributed by atoms with van der Waals surface area (Å²) < 4.78 is 0. The minimum atomic E-state index is -0.380. The van der Waals surface area contributed by atoms with Gasteiger partial charge in [-0.2, -0.15) is 0 Å². The van der Waals surface area contributed by atoms with Crippen molar-refractivity contribution in [1.29, 1.82) is 0 Å². The van der Waals surface area contributed by atoms with Gasteiger partial charge in [0.2, 0.25) is 0 Å². The molecule has 1 aliphatic heterocycles. The van der Waals surface area contributed by atoms with Crippen molar-refractivity contribution in [3.05, 3.63) is 11.8 Å². The molecule has 11 heavy (non-hydrogen) atoms. The van der Waals surface area contributed by atoms with Crippen molar-refractivity contribution in [2.24, 2.45) is 5.92 Å². The predicted octanol–water partition coefficient (Wildman–Crippen LogP) is 3.13. The summed E-state index contributed by atoms with van der Waals surface area (Å²) in [5, 5.41) is 1.23. The smallest absolute Gasteiger partial charge is 0.0611 e. The molecular weight excluding hydrogens is 216 g/mol. The van der Waals surface area contributed by atoms with E-state index in [1.165, 1.54) is 18.2 Å². The molecule has 1 heterocycles. The van der Waals surface area contributed by atoms with Gasteiger partial charge >= 0.3 is 0 Å². The largest absolute Gasteiger partial charge is 0.102 e. The van der Waals surface area contributed by atoms with Crippen molar-refractivity contribution in [3.63, 3.8) is 0 Å². The zero-order valence-corrected chi connectivity index (χ0v) is 9.96. The monoisotopic (exact) mass is 232 g/mol. The molecule has 1 fully saturated rings. The molecule has 0 spiro atoms. The average molecular weight is 233 g/mol. The van der Waals surface area contributed by atoms with E-state index in [0.717, 1.165) is 5.92 Å². The van der Waals surface area contributed by atoms with Crippen LogP contribution < -0.4 is 0 Å². The number of alkyl halides is 1. The summed E-state index contributed by atoms with van der Waals surface area (Å²) in [7, 11) is -0.380. The molecule has 0 aromatic carbocycles. The van der Waals surface area contributed by atoms with Crippen LogP contribution in [0.25, 0.3) is 0 Å². The van der Waals surface area contributed by atoms with Crippen LogP contribution in [0.15, 0.2) is 11.8 Å². The van der Waals surface area contributed by atoms with E-state index >= 15 is 0 Å². The Morgan fingerprint density at radius 1 is 1.45 bits per heavy atom. The highest BCUT2D eigenvalue weighted by molar-refractivity contribution is 9.09. The maximum absolute atomic E-state index is 3.57. The fourth-order valence-corrected chi connectivity index (χ4v) is 5.47. The third kappa shape index (κ3) is 3.12. The Labute approximate surface area is 79.8 Å². The summed E-state index contributed by atoms with van der Waals surface area (Å²) in [4.78, 5) is 0. The molecule has 0 aromatic heterocycles. The van der Waals surface area contributed by atoms with E-state index in [9.17, 15) is 0 Å². The van der Waals surface area contributed by atoms with Crippen LogP contribution in [0.3, 0.4) is 0 Å². The first-order valence-electron chi connectivity index (χ1n) is 4.55. The maximum atomic E-state index is 3.57. The molecule has 1 saturated heterocycles. The first-order valence-corrected chi connectivity index (χ1v) is 7.97. The van der Waals surface area contributed by atoms with Crippen molar-refractivity contribution in [1.82, 2.24) is 0 Å². The first kappa shape index (κ1) is 9.52. The van der Waals surface area contributed by atoms with Crippen LogP contribution in [-0.4, -0.2) is 14.1 Å². The number of hydrogen-bond donors (Lipinski definition) is 0. The van der Waals surface area contributed by atoms with Gasteiger partial charge in [-0.3, -0.25) is 0 Å². The van der Waals surface area contributed by atoms with Crippen LogP contribution in [0, 0.1) is 5.92 Å². The lowest BCUT2D eigenvalue weighted by molar-refractivity contribution is 0.532. The van der Waals surface area contributed by atoms with Gasteiger partial charge in [-0.15, -0.1) is 5.70 Å². The Hall–Kier alpha value is 0.437. The molecule has 2 heteroatoms. The third-order valence-electron chi connectivity index (χ3n) is 2.57. The van der Waals surface area contributed by atoms with Gasteiger partial charge in [0.05, 0.1) is 8.80 Å². The van der Waals surface area contributed by atoms with Crippen molar-refractivity contribution in [2.45, 2.75) is 31.9 Å². The molecule has 0 unspecified atom stereocenters. The van der Waals surface area contributed by atoms with E-state index in [2.05, 4.69) is 34.6 Å². The molecular formula is C9H17BrSi. The van der Waals surface area contributed by atoms with Crippen LogP contribution in [0.2, 0.25) is 12.1 Å². The minimum Gasteiger partial charge on any atom is -0.102 e. The summed E-state index contributed by atoms with van der Waals surface area (Å²) in [6.45, 7) is 2.16. The predicted molar refractivity (Wildman–Crippen MR) is 58.1 cm³/mol. The zero-order chi connectivity index (χ0) is 8.10. The van der Waals surface area contributed by atoms with Crippen molar-refractivity contribution in [3.8, 4) is 0 Å². The van der Waals surface area contributed by atoms with Gasteiger partial charge in [-0.25, -0.2) is 0 Å². The van der Waals surface area contributed by atoms with Crippen molar-refractivity contribution >= 4 is 24.7 Å². The lowest BCUT2D eigenvalue weighted by Gasteiger charge is -2.23. The third-order valence-corrected chi connectivity index (χ3v) is 6.57. The molecule has 0 aromatic rings. The van der Waals surface area contributed by atoms with Gasteiger partial charge in [0.25, 0.3) is 0 Å².